The molecule has 3 heterocycles. The Hall–Kier alpha value is -2.76. The second kappa shape index (κ2) is 5.93. The van der Waals surface area contributed by atoms with E-state index < -0.39 is 0 Å². The molecule has 112 valence electrons. The van der Waals surface area contributed by atoms with Crippen LogP contribution in [-0.2, 0) is 0 Å². The third-order valence-electron chi connectivity index (χ3n) is 3.44. The summed E-state index contributed by atoms with van der Waals surface area (Å²) in [5.41, 5.74) is 7.81. The number of unbranched alkanes of at least 4 members (excludes halogenated alkanes) is 1. The Morgan fingerprint density at radius 3 is 2.91 bits per heavy atom. The Morgan fingerprint density at radius 1 is 1.32 bits per heavy atom. The lowest BCUT2D eigenvalue weighted by Gasteiger charge is -2.03. The van der Waals surface area contributed by atoms with E-state index >= 15 is 0 Å². The lowest BCUT2D eigenvalue weighted by Crippen LogP contribution is -2.04. The molecule has 3 rings (SSSR count). The zero-order chi connectivity index (χ0) is 15.5. The van der Waals surface area contributed by atoms with E-state index in [9.17, 15) is 4.79 Å². The molecule has 0 amide bonds. The first kappa shape index (κ1) is 14.2. The van der Waals surface area contributed by atoms with Crippen LogP contribution in [-0.4, -0.2) is 25.4 Å². The van der Waals surface area contributed by atoms with Gasteiger partial charge in [-0.2, -0.15) is 4.52 Å². The molecule has 0 aliphatic carbocycles. The number of carbonyl (C=O) groups is 1. The molecule has 0 bridgehead atoms. The fraction of sp³-hybridized carbons (Fsp3) is 0.250. The summed E-state index contributed by atoms with van der Waals surface area (Å²) in [5.74, 6) is 0.968. The Labute approximate surface area is 128 Å². The van der Waals surface area contributed by atoms with E-state index in [-0.39, 0.29) is 5.78 Å². The Morgan fingerprint density at radius 2 is 2.18 bits per heavy atom. The number of anilines is 1. The van der Waals surface area contributed by atoms with Crippen LogP contribution in [0.1, 0.15) is 36.5 Å². The number of carbonyl (C=O) groups excluding carboxylic acids is 1. The van der Waals surface area contributed by atoms with Crippen LogP contribution in [0.5, 0.6) is 0 Å². The quantitative estimate of drug-likeness (QED) is 0.731. The maximum absolute atomic E-state index is 12.2. The summed E-state index contributed by atoms with van der Waals surface area (Å²) < 4.78 is 1.53. The Bertz CT molecular complexity index is 810. The van der Waals surface area contributed by atoms with Crippen LogP contribution < -0.4 is 5.73 Å². The van der Waals surface area contributed by atoms with Crippen molar-refractivity contribution < 1.29 is 4.79 Å². The molecule has 0 aliphatic rings. The average molecular weight is 295 g/mol. The van der Waals surface area contributed by atoms with Gasteiger partial charge in [-0.05, 0) is 30.7 Å². The number of fused-ring (bicyclic) bond motifs is 1. The van der Waals surface area contributed by atoms with E-state index in [1.807, 2.05) is 18.2 Å². The molecular weight excluding hydrogens is 278 g/mol. The number of Topliss-reactive ketones (excluding diaryl/α,β-unsaturated/α-hetero) is 1. The van der Waals surface area contributed by atoms with Crippen molar-refractivity contribution in [2.75, 3.05) is 5.73 Å². The molecule has 3 aromatic heterocycles. The smallest absolute Gasteiger partial charge is 0.200 e. The Balaban J connectivity index is 2.02. The van der Waals surface area contributed by atoms with Crippen LogP contribution >= 0.6 is 0 Å². The molecule has 0 aromatic carbocycles. The molecule has 2 N–H and O–H groups in total. The molecule has 0 spiro atoms. The van der Waals surface area contributed by atoms with Crippen molar-refractivity contribution in [1.82, 2.24) is 19.6 Å². The Kier molecular flexibility index (Phi) is 3.82. The molecule has 0 unspecified atom stereocenters. The topological polar surface area (TPSA) is 86.2 Å². The minimum absolute atomic E-state index is 0.0819. The van der Waals surface area contributed by atoms with Gasteiger partial charge in [-0.1, -0.05) is 19.4 Å². The first-order chi connectivity index (χ1) is 10.7. The van der Waals surface area contributed by atoms with Gasteiger partial charge < -0.3 is 5.73 Å². The van der Waals surface area contributed by atoms with Crippen molar-refractivity contribution in [3.8, 4) is 11.5 Å². The summed E-state index contributed by atoms with van der Waals surface area (Å²) in [7, 11) is 0. The highest BCUT2D eigenvalue weighted by Crippen LogP contribution is 2.18. The van der Waals surface area contributed by atoms with Gasteiger partial charge in [-0.25, -0.2) is 4.98 Å². The summed E-state index contributed by atoms with van der Waals surface area (Å²) >= 11 is 0. The normalized spacial score (nSPS) is 11.0. The number of ketones is 1. The fourth-order valence-corrected chi connectivity index (χ4v) is 2.26. The van der Waals surface area contributed by atoms with Crippen LogP contribution in [0, 0.1) is 0 Å². The molecule has 0 saturated carbocycles. The molecule has 0 radical (unpaired) electrons. The van der Waals surface area contributed by atoms with E-state index in [2.05, 4.69) is 22.0 Å². The zero-order valence-electron chi connectivity index (χ0n) is 12.4. The van der Waals surface area contributed by atoms with Crippen molar-refractivity contribution in [2.24, 2.45) is 0 Å². The predicted octanol–water partition coefficient (Wildman–Crippen LogP) is 2.75. The molecule has 6 heteroatoms. The number of pyridine rings is 2. The number of hydrogen-bond donors (Lipinski definition) is 1. The lowest BCUT2D eigenvalue weighted by molar-refractivity contribution is 0.0980. The first-order valence-electron chi connectivity index (χ1n) is 7.30. The molecular formula is C16H17N5O. The maximum Gasteiger partial charge on any atom is 0.200 e. The molecule has 6 nitrogen and oxygen atoms in total. The summed E-state index contributed by atoms with van der Waals surface area (Å²) in [4.78, 5) is 20.8. The van der Waals surface area contributed by atoms with Crippen molar-refractivity contribution in [3.63, 3.8) is 0 Å². The van der Waals surface area contributed by atoms with Crippen LogP contribution in [0.2, 0.25) is 0 Å². The van der Waals surface area contributed by atoms with Crippen molar-refractivity contribution in [3.05, 3.63) is 42.1 Å². The third-order valence-corrected chi connectivity index (χ3v) is 3.44. The molecule has 0 saturated heterocycles. The minimum atomic E-state index is 0.0819. The summed E-state index contributed by atoms with van der Waals surface area (Å²) in [5, 5.41) is 4.35. The minimum Gasteiger partial charge on any atom is -0.384 e. The SMILES string of the molecule is CCCCC(=O)c1cc(N)n2nc(-c3ccccn3)nc2c1. The van der Waals surface area contributed by atoms with Gasteiger partial charge >= 0.3 is 0 Å². The number of rotatable bonds is 5. The van der Waals surface area contributed by atoms with Crippen molar-refractivity contribution >= 4 is 17.2 Å². The second-order valence-corrected chi connectivity index (χ2v) is 5.12. The molecule has 3 aromatic rings. The first-order valence-corrected chi connectivity index (χ1v) is 7.30. The van der Waals surface area contributed by atoms with Crippen molar-refractivity contribution in [1.29, 1.82) is 0 Å². The van der Waals surface area contributed by atoms with Gasteiger partial charge in [0.2, 0.25) is 5.82 Å². The van der Waals surface area contributed by atoms with E-state index in [4.69, 9.17) is 5.73 Å². The van der Waals surface area contributed by atoms with Crippen LogP contribution in [0.25, 0.3) is 17.2 Å². The van der Waals surface area contributed by atoms with Gasteiger partial charge in [0.25, 0.3) is 0 Å². The zero-order valence-corrected chi connectivity index (χ0v) is 12.4. The molecule has 22 heavy (non-hydrogen) atoms. The molecule has 0 fully saturated rings. The summed E-state index contributed by atoms with van der Waals surface area (Å²) in [6.45, 7) is 2.06. The average Bonchev–Trinajstić information content (AvgIpc) is 2.98. The highest BCUT2D eigenvalue weighted by molar-refractivity contribution is 5.97. The summed E-state index contributed by atoms with van der Waals surface area (Å²) in [6.07, 6.45) is 4.06. The van der Waals surface area contributed by atoms with E-state index in [0.717, 1.165) is 12.8 Å². The second-order valence-electron chi connectivity index (χ2n) is 5.12. The number of nitrogens with zero attached hydrogens (tertiary/aromatic N) is 4. The standard InChI is InChI=1S/C16H17N5O/c1-2-3-7-13(22)11-9-14(17)21-15(10-11)19-16(20-21)12-6-4-5-8-18-12/h4-6,8-10H,2-3,7,17H2,1H3. The number of aromatic nitrogens is 4. The highest BCUT2D eigenvalue weighted by Gasteiger charge is 2.13. The number of nitrogen functional groups attached to an aromatic ring is 1. The fourth-order valence-electron chi connectivity index (χ4n) is 2.26. The largest absolute Gasteiger partial charge is 0.384 e. The van der Waals surface area contributed by atoms with E-state index in [1.165, 1.54) is 4.52 Å². The van der Waals surface area contributed by atoms with Gasteiger partial charge in [0, 0.05) is 18.2 Å². The van der Waals surface area contributed by atoms with Crippen LogP contribution in [0.4, 0.5) is 5.82 Å². The van der Waals surface area contributed by atoms with Gasteiger partial charge in [0.1, 0.15) is 11.5 Å². The van der Waals surface area contributed by atoms with Crippen molar-refractivity contribution in [2.45, 2.75) is 26.2 Å². The predicted molar refractivity (Wildman–Crippen MR) is 84.5 cm³/mol. The number of nitrogens with two attached hydrogens (primary N) is 1. The van der Waals surface area contributed by atoms with Gasteiger partial charge in [0.05, 0.1) is 0 Å². The highest BCUT2D eigenvalue weighted by atomic mass is 16.1. The van der Waals surface area contributed by atoms with E-state index in [0.29, 0.717) is 35.0 Å². The van der Waals surface area contributed by atoms with Crippen LogP contribution in [0.3, 0.4) is 0 Å². The third kappa shape index (κ3) is 2.67. The van der Waals surface area contributed by atoms with Gasteiger partial charge in [-0.15, -0.1) is 5.10 Å². The molecule has 0 aliphatic heterocycles. The number of hydrogen-bond acceptors (Lipinski definition) is 5. The van der Waals surface area contributed by atoms with Crippen LogP contribution in [0.15, 0.2) is 36.5 Å². The maximum atomic E-state index is 12.2. The summed E-state index contributed by atoms with van der Waals surface area (Å²) in [6, 6.07) is 8.92. The lowest BCUT2D eigenvalue weighted by atomic mass is 10.1. The van der Waals surface area contributed by atoms with E-state index in [1.54, 1.807) is 18.3 Å². The molecule has 0 atom stereocenters. The monoisotopic (exact) mass is 295 g/mol. The van der Waals surface area contributed by atoms with Gasteiger partial charge in [-0.3, -0.25) is 9.78 Å². The van der Waals surface area contributed by atoms with Gasteiger partial charge in [0.15, 0.2) is 11.4 Å².